The second-order valence-corrected chi connectivity index (χ2v) is 3.63. The second-order valence-electron chi connectivity index (χ2n) is 3.63. The van der Waals surface area contributed by atoms with Crippen LogP contribution in [0.3, 0.4) is 0 Å². The Hall–Kier alpha value is -1.43. The van der Waals surface area contributed by atoms with Crippen molar-refractivity contribution >= 4 is 5.91 Å². The Morgan fingerprint density at radius 1 is 1.56 bits per heavy atom. The largest absolute Gasteiger partial charge is 0.423 e. The number of carbonyl (C=O) groups is 1. The number of nitrogens with one attached hydrogen (secondary N) is 1. The lowest BCUT2D eigenvalue weighted by atomic mass is 10.1. The van der Waals surface area contributed by atoms with Gasteiger partial charge in [-0.3, -0.25) is 4.79 Å². The van der Waals surface area contributed by atoms with E-state index in [9.17, 15) is 4.79 Å². The highest BCUT2D eigenvalue weighted by molar-refractivity contribution is 5.78. The number of rotatable bonds is 6. The molecule has 0 bridgehead atoms. The van der Waals surface area contributed by atoms with Crippen LogP contribution in [0.2, 0.25) is 0 Å². The molecule has 0 saturated carbocycles. The predicted molar refractivity (Wildman–Crippen MR) is 58.5 cm³/mol. The van der Waals surface area contributed by atoms with Gasteiger partial charge in [-0.25, -0.2) is 0 Å². The molecule has 1 amide bonds. The van der Waals surface area contributed by atoms with Gasteiger partial charge in [-0.1, -0.05) is 19.8 Å². The molecule has 0 aromatic carbocycles. The lowest BCUT2D eigenvalue weighted by Crippen LogP contribution is -2.33. The Morgan fingerprint density at radius 2 is 2.31 bits per heavy atom. The Morgan fingerprint density at radius 3 is 2.81 bits per heavy atom. The average Bonchev–Trinajstić information content (AvgIpc) is 2.70. The zero-order chi connectivity index (χ0) is 12.0. The summed E-state index contributed by atoms with van der Waals surface area (Å²) >= 11 is 0. The van der Waals surface area contributed by atoms with Crippen molar-refractivity contribution in [2.75, 3.05) is 6.54 Å². The number of aryl methyl sites for hydroxylation is 1. The maximum atomic E-state index is 11.2. The first-order chi connectivity index (χ1) is 7.67. The number of carbonyl (C=O) groups excluding carboxylic acids is 1. The molecule has 0 unspecified atom stereocenters. The van der Waals surface area contributed by atoms with Gasteiger partial charge in [-0.2, -0.15) is 0 Å². The lowest BCUT2D eigenvalue weighted by Gasteiger charge is -2.13. The molecule has 6 nitrogen and oxygen atoms in total. The fourth-order valence-corrected chi connectivity index (χ4v) is 1.37. The summed E-state index contributed by atoms with van der Waals surface area (Å²) < 4.78 is 5.31. The molecule has 0 aliphatic heterocycles. The third-order valence-electron chi connectivity index (χ3n) is 2.21. The van der Waals surface area contributed by atoms with Crippen LogP contribution in [0.25, 0.3) is 0 Å². The van der Waals surface area contributed by atoms with Gasteiger partial charge >= 0.3 is 0 Å². The van der Waals surface area contributed by atoms with E-state index in [0.717, 1.165) is 19.3 Å². The van der Waals surface area contributed by atoms with E-state index < -0.39 is 0 Å². The first-order valence-electron chi connectivity index (χ1n) is 5.46. The van der Waals surface area contributed by atoms with Crippen LogP contribution in [0, 0.1) is 6.92 Å². The van der Waals surface area contributed by atoms with Crippen LogP contribution < -0.4 is 11.1 Å². The quantitative estimate of drug-likeness (QED) is 0.744. The van der Waals surface area contributed by atoms with Gasteiger partial charge in [0, 0.05) is 6.92 Å². The van der Waals surface area contributed by atoms with Crippen molar-refractivity contribution in [3.8, 4) is 0 Å². The van der Waals surface area contributed by atoms with Crippen molar-refractivity contribution in [2.24, 2.45) is 5.73 Å². The van der Waals surface area contributed by atoms with Crippen molar-refractivity contribution in [1.82, 2.24) is 15.5 Å². The van der Waals surface area contributed by atoms with Crippen LogP contribution in [0.15, 0.2) is 4.42 Å². The third kappa shape index (κ3) is 3.62. The molecule has 16 heavy (non-hydrogen) atoms. The second kappa shape index (κ2) is 6.22. The summed E-state index contributed by atoms with van der Waals surface area (Å²) in [7, 11) is 0. The third-order valence-corrected chi connectivity index (χ3v) is 2.21. The predicted octanol–water partition coefficient (Wildman–Crippen LogP) is 0.684. The zero-order valence-electron chi connectivity index (χ0n) is 9.69. The smallest absolute Gasteiger partial charge is 0.238 e. The summed E-state index contributed by atoms with van der Waals surface area (Å²) in [5, 5.41) is 10.4. The molecule has 0 saturated heterocycles. The molecule has 1 rings (SSSR count). The minimum absolute atomic E-state index is 0.0320. The van der Waals surface area contributed by atoms with Crippen LogP contribution in [0.5, 0.6) is 0 Å². The van der Waals surface area contributed by atoms with Crippen molar-refractivity contribution in [2.45, 2.75) is 39.2 Å². The molecule has 90 valence electrons. The molecule has 0 radical (unpaired) electrons. The highest BCUT2D eigenvalue weighted by Gasteiger charge is 2.18. The topological polar surface area (TPSA) is 94.0 Å². The number of amides is 1. The minimum Gasteiger partial charge on any atom is -0.423 e. The molecule has 1 atom stereocenters. The highest BCUT2D eigenvalue weighted by atomic mass is 16.4. The highest BCUT2D eigenvalue weighted by Crippen LogP contribution is 2.17. The molecular formula is C10H18N4O2. The van der Waals surface area contributed by atoms with E-state index in [0.29, 0.717) is 11.8 Å². The van der Waals surface area contributed by atoms with Crippen LogP contribution in [0.4, 0.5) is 0 Å². The number of unbranched alkanes of at least 4 members (excludes halogenated alkanes) is 1. The monoisotopic (exact) mass is 226 g/mol. The summed E-state index contributed by atoms with van der Waals surface area (Å²) in [5.41, 5.74) is 5.25. The van der Waals surface area contributed by atoms with E-state index >= 15 is 0 Å². The van der Waals surface area contributed by atoms with Crippen LogP contribution in [-0.2, 0) is 4.79 Å². The van der Waals surface area contributed by atoms with E-state index in [1.807, 2.05) is 0 Å². The van der Waals surface area contributed by atoms with Gasteiger partial charge in [0.15, 0.2) is 0 Å². The molecule has 3 N–H and O–H groups in total. The Kier molecular flexibility index (Phi) is 4.91. The van der Waals surface area contributed by atoms with Crippen LogP contribution >= 0.6 is 0 Å². The van der Waals surface area contributed by atoms with E-state index in [4.69, 9.17) is 10.2 Å². The number of nitrogens with two attached hydrogens (primary N) is 1. The number of aromatic nitrogens is 2. The van der Waals surface area contributed by atoms with Gasteiger partial charge in [-0.15, -0.1) is 10.2 Å². The fourth-order valence-electron chi connectivity index (χ4n) is 1.37. The molecule has 0 aliphatic rings. The SMILES string of the molecule is CCCC[C@H](NC(=O)CN)c1nnc(C)o1. The zero-order valence-corrected chi connectivity index (χ0v) is 9.69. The van der Waals surface area contributed by atoms with Gasteiger partial charge in [0.2, 0.25) is 17.7 Å². The van der Waals surface area contributed by atoms with Crippen LogP contribution in [0.1, 0.15) is 44.0 Å². The maximum absolute atomic E-state index is 11.2. The van der Waals surface area contributed by atoms with Gasteiger partial charge in [0.1, 0.15) is 6.04 Å². The molecule has 6 heteroatoms. The van der Waals surface area contributed by atoms with Gasteiger partial charge in [0.25, 0.3) is 0 Å². The van der Waals surface area contributed by atoms with Crippen LogP contribution in [-0.4, -0.2) is 22.6 Å². The summed E-state index contributed by atoms with van der Waals surface area (Å²) in [6.45, 7) is 3.77. The Bertz CT molecular complexity index is 337. The summed E-state index contributed by atoms with van der Waals surface area (Å²) in [4.78, 5) is 11.2. The van der Waals surface area contributed by atoms with Crippen molar-refractivity contribution in [3.05, 3.63) is 11.8 Å². The molecular weight excluding hydrogens is 208 g/mol. The standard InChI is InChI=1S/C10H18N4O2/c1-3-4-5-8(12-9(15)6-11)10-14-13-7(2)16-10/h8H,3-6,11H2,1-2H3,(H,12,15)/t8-/m0/s1. The molecule has 1 heterocycles. The van der Waals surface area contributed by atoms with E-state index in [1.54, 1.807) is 6.92 Å². The van der Waals surface area contributed by atoms with Gasteiger partial charge in [-0.05, 0) is 6.42 Å². The summed E-state index contributed by atoms with van der Waals surface area (Å²) in [6.07, 6.45) is 2.81. The molecule has 0 spiro atoms. The number of nitrogens with zero attached hydrogens (tertiary/aromatic N) is 2. The van der Waals surface area contributed by atoms with Gasteiger partial charge < -0.3 is 15.5 Å². The van der Waals surface area contributed by atoms with E-state index in [1.165, 1.54) is 0 Å². The normalized spacial score (nSPS) is 12.4. The minimum atomic E-state index is -0.225. The fraction of sp³-hybridized carbons (Fsp3) is 0.700. The first kappa shape index (κ1) is 12.6. The van der Waals surface area contributed by atoms with Crippen molar-refractivity contribution < 1.29 is 9.21 Å². The summed E-state index contributed by atoms with van der Waals surface area (Å²) in [5.74, 6) is 0.739. The lowest BCUT2D eigenvalue weighted by molar-refractivity contribution is -0.120. The number of hydrogen-bond acceptors (Lipinski definition) is 5. The summed E-state index contributed by atoms with van der Waals surface area (Å²) in [6, 6.07) is -0.225. The Labute approximate surface area is 94.6 Å². The number of hydrogen-bond donors (Lipinski definition) is 2. The molecule has 0 fully saturated rings. The average molecular weight is 226 g/mol. The van der Waals surface area contributed by atoms with E-state index in [-0.39, 0.29) is 18.5 Å². The van der Waals surface area contributed by atoms with Crippen molar-refractivity contribution in [1.29, 1.82) is 0 Å². The maximum Gasteiger partial charge on any atom is 0.238 e. The first-order valence-corrected chi connectivity index (χ1v) is 5.46. The molecule has 0 aliphatic carbocycles. The van der Waals surface area contributed by atoms with Gasteiger partial charge in [0.05, 0.1) is 6.54 Å². The molecule has 1 aromatic heterocycles. The van der Waals surface area contributed by atoms with E-state index in [2.05, 4.69) is 22.4 Å². The Balaban J connectivity index is 2.66. The van der Waals surface area contributed by atoms with Crippen molar-refractivity contribution in [3.63, 3.8) is 0 Å². The molecule has 1 aromatic rings.